The van der Waals surface area contributed by atoms with Crippen LogP contribution in [-0.2, 0) is 67.7 Å². The van der Waals surface area contributed by atoms with Crippen molar-refractivity contribution in [3.05, 3.63) is 233 Å². The third kappa shape index (κ3) is 42.4. The van der Waals surface area contributed by atoms with Crippen LogP contribution < -0.4 is 30.6 Å². The average Bonchev–Trinajstić information content (AvgIpc) is 1.64. The number of aliphatic carboxylic acids is 1. The van der Waals surface area contributed by atoms with Crippen molar-refractivity contribution < 1.29 is 190 Å². The molecule has 2 bridgehead atoms. The first-order valence-corrected chi connectivity index (χ1v) is 39.8. The second-order valence-corrected chi connectivity index (χ2v) is 31.5. The minimum Gasteiger partial charge on any atom is -1.00 e. The van der Waals surface area contributed by atoms with Gasteiger partial charge in [-0.2, -0.15) is 26.3 Å². The van der Waals surface area contributed by atoms with Crippen LogP contribution in [0.2, 0.25) is 0 Å². The van der Waals surface area contributed by atoms with E-state index in [0.717, 1.165) is 53.1 Å². The molecule has 3 atom stereocenters. The molecule has 9 aromatic rings. The molecule has 2 fully saturated rings. The molecule has 4 radical (unpaired) electrons. The van der Waals surface area contributed by atoms with E-state index in [0.29, 0.717) is 41.4 Å². The minimum absolute atomic E-state index is 0. The molecule has 0 aromatic heterocycles. The van der Waals surface area contributed by atoms with Gasteiger partial charge in [0.2, 0.25) is 0 Å². The van der Waals surface area contributed by atoms with Gasteiger partial charge in [-0.05, 0) is 143 Å². The summed E-state index contributed by atoms with van der Waals surface area (Å²) in [4.78, 5) is 30.0. The van der Waals surface area contributed by atoms with E-state index in [-0.39, 0.29) is 36.9 Å². The smallest absolute Gasteiger partial charge is 0.416 e. The van der Waals surface area contributed by atoms with Crippen molar-refractivity contribution in [1.29, 1.82) is 0 Å². The van der Waals surface area contributed by atoms with Gasteiger partial charge in [0.25, 0.3) is 0 Å². The molecule has 2 saturated carbocycles. The van der Waals surface area contributed by atoms with Crippen LogP contribution in [0.1, 0.15) is 63.1 Å². The fraction of sp³-hybridized carbons (Fsp3) is 0.185. The summed E-state index contributed by atoms with van der Waals surface area (Å²) in [6.07, 6.45) is -4.64. The van der Waals surface area contributed by atoms with Crippen LogP contribution in [0, 0.1) is 53.8 Å². The first kappa shape index (κ1) is 107. The van der Waals surface area contributed by atoms with E-state index in [1.807, 2.05) is 19.1 Å². The van der Waals surface area contributed by atoms with E-state index in [1.54, 1.807) is 78.9 Å². The minimum atomic E-state index is -10.7. The van der Waals surface area contributed by atoms with E-state index >= 15 is 0 Å². The number of fused-ring (bicyclic) bond motifs is 4. The van der Waals surface area contributed by atoms with Gasteiger partial charge < -0.3 is 57.1 Å². The molecule has 1 N–H and O–H groups in total. The Morgan fingerprint density at radius 1 is 0.504 bits per heavy atom. The maximum Gasteiger partial charge on any atom is 0.416 e. The second kappa shape index (κ2) is 43.2. The van der Waals surface area contributed by atoms with Crippen molar-refractivity contribution in [2.75, 3.05) is 13.4 Å². The van der Waals surface area contributed by atoms with Gasteiger partial charge in [-0.25, -0.2) is 68.8 Å². The van der Waals surface area contributed by atoms with E-state index < -0.39 is 158 Å². The van der Waals surface area contributed by atoms with Gasteiger partial charge in [0.15, 0.2) is 29.1 Å². The number of benzene rings is 9. The molecule has 3 unspecified atom stereocenters. The first-order chi connectivity index (χ1) is 52.3. The fourth-order valence-corrected chi connectivity index (χ4v) is 11.5. The summed E-state index contributed by atoms with van der Waals surface area (Å²) < 4.78 is 382. The molecule has 9 aromatic carbocycles. The Kier molecular flexibility index (Phi) is 39.7. The van der Waals surface area contributed by atoms with Crippen molar-refractivity contribution in [1.82, 2.24) is 0 Å². The largest absolute Gasteiger partial charge is 1.00 e. The van der Waals surface area contributed by atoms with Gasteiger partial charge in [-0.15, -0.1) is 0 Å². The third-order valence-corrected chi connectivity index (χ3v) is 17.4. The normalized spacial score (nSPS) is 14.6. The van der Waals surface area contributed by atoms with E-state index in [1.165, 1.54) is 68.1 Å². The van der Waals surface area contributed by atoms with Crippen molar-refractivity contribution >= 4 is 132 Å². The predicted octanol–water partition coefficient (Wildman–Crippen LogP) is 9.03. The zero-order chi connectivity index (χ0) is 90.1. The molecule has 117 heavy (non-hydrogen) atoms. The van der Waals surface area contributed by atoms with Gasteiger partial charge in [-0.1, -0.05) is 121 Å². The fourth-order valence-electron chi connectivity index (χ4n) is 9.16. The number of carbonyl (C=O) groups excluding carboxylic acids is 2. The van der Waals surface area contributed by atoms with Gasteiger partial charge >= 0.3 is 58.9 Å². The Labute approximate surface area is 653 Å². The quantitative estimate of drug-likeness (QED) is 0.0370. The van der Waals surface area contributed by atoms with Crippen LogP contribution in [-0.4, -0.2) is 124 Å². The zero-order valence-electron chi connectivity index (χ0n) is 58.5. The molecule has 0 heterocycles. The van der Waals surface area contributed by atoms with Gasteiger partial charge in [-0.3, -0.25) is 12.9 Å². The molecule has 0 saturated heterocycles. The number of aromatic carboxylic acids is 2. The number of alkyl halides is 6. The van der Waals surface area contributed by atoms with Crippen molar-refractivity contribution in [2.45, 2.75) is 64.5 Å². The molecule has 642 valence electrons. The van der Waals surface area contributed by atoms with E-state index in [9.17, 15) is 163 Å². The monoisotopic (exact) mass is 1810 g/mol. The standard InChI is InChI=1S/2C10H8O3S.C8H3BF6.C8H8O3.C8H12O2.C7H6O5S.C7H8O3S.C6BF5.CH4O3S.BF3.F6P.FH/c11-14(12,13)10-7-3-5-8-4-1-2-6-9(8)10;11-14(12,13)10-6-5-8-3-1-2-4-9(8)7-10;9-6-2-4(7(10,11)12)1-5(3-6)8(13,14)15;1-11-7-4-2-6(3-5-7)8(9)10;9-8(10)7-4-5-1-2-6(7)3-5;8-7(9)5-3-1-2-4-6(5)13(10,11)12;1-6-2-4-7(5-3-6)11(8,9)10;7-1-2(8)4(10)6(12)5(11)3(1)9;1-5(2,3)4;2-1(3)4;1-7(2,3,4,5)6;/h2*1-7H,(H,11,12,13);1-3H;2-5H,1H3,(H,9,10);5-7H,1-4H2,(H,9,10);1-4H,(H,8,9)(H,10,11,12);2-5H,1H3,(H,8,9,10);;1H3,(H,2,3,4);;;1H/q;;;;;;;;;;-1;/p-8. The number of halogens is 21. The van der Waals surface area contributed by atoms with Gasteiger partial charge in [0, 0.05) is 18.1 Å². The van der Waals surface area contributed by atoms with Crippen molar-refractivity contribution in [3.8, 4) is 5.75 Å². The number of carboxylic acids is 3. The number of methoxy groups -OCH3 is 1. The molecular formula is C65H50B3F21O22PS5-9. The molecule has 22 nitrogen and oxygen atoms in total. The Morgan fingerprint density at radius 3 is 1.25 bits per heavy atom. The first-order valence-electron chi connectivity index (χ1n) is 30.3. The van der Waals surface area contributed by atoms with Crippen LogP contribution in [0.15, 0.2) is 196 Å². The van der Waals surface area contributed by atoms with E-state index in [4.69, 9.17) is 30.7 Å². The van der Waals surface area contributed by atoms with Crippen LogP contribution in [0.3, 0.4) is 0 Å². The molecule has 0 spiro atoms. The number of carboxylic acid groups (broad SMARTS) is 3. The number of aryl methyl sites for hydroxylation is 1. The summed E-state index contributed by atoms with van der Waals surface area (Å²) in [7, 11) is -24.9. The molecular weight excluding hydrogens is 1760 g/mol. The number of rotatable bonds is 8. The molecule has 2 aliphatic carbocycles. The predicted molar refractivity (Wildman–Crippen MR) is 367 cm³/mol. The molecule has 2 aliphatic rings. The summed E-state index contributed by atoms with van der Waals surface area (Å²) in [5.74, 6) is -12.0. The zero-order valence-corrected chi connectivity index (χ0v) is 63.5. The van der Waals surface area contributed by atoms with Crippen LogP contribution in [0.25, 0.3) is 21.5 Å². The molecule has 0 amide bonds. The molecule has 0 aliphatic heterocycles. The number of hydrogen-bond donors (Lipinski definition) is 1. The summed E-state index contributed by atoms with van der Waals surface area (Å²) in [5, 5.41) is 32.2. The van der Waals surface area contributed by atoms with E-state index in [2.05, 4.69) is 7.85 Å². The summed E-state index contributed by atoms with van der Waals surface area (Å²) >= 11 is 0. The summed E-state index contributed by atoms with van der Waals surface area (Å²) in [5.41, 5.74) is -4.17. The maximum atomic E-state index is 12.3. The second-order valence-electron chi connectivity index (χ2n) is 22.8. The number of carbonyl (C=O) groups is 3. The molecule has 52 heteroatoms. The van der Waals surface area contributed by atoms with Gasteiger partial charge in [0.1, 0.15) is 61.9 Å². The number of ether oxygens (including phenoxy) is 1. The molecule has 11 rings (SSSR count). The van der Waals surface area contributed by atoms with Crippen LogP contribution in [0.5, 0.6) is 5.75 Å². The van der Waals surface area contributed by atoms with Crippen molar-refractivity contribution in [3.63, 3.8) is 0 Å². The average molecular weight is 1810 g/mol. The Balaban J connectivity index is 0.00000128. The topological polar surface area (TPSA) is 413 Å². The van der Waals surface area contributed by atoms with Gasteiger partial charge in [0.05, 0.1) is 59.5 Å². The third-order valence-electron chi connectivity index (χ3n) is 13.9. The maximum absolute atomic E-state index is 12.3. The van der Waals surface area contributed by atoms with Crippen LogP contribution >= 0.6 is 7.81 Å². The van der Waals surface area contributed by atoms with Crippen LogP contribution in [0.4, 0.5) is 86.4 Å². The Hall–Kier alpha value is -9.59. The Morgan fingerprint density at radius 2 is 0.889 bits per heavy atom. The summed E-state index contributed by atoms with van der Waals surface area (Å²) in [6, 6.07) is 40.6. The Bertz CT molecular complexity index is 5310. The SMILES string of the molecule is COc1ccc(C(=O)[O-])cc1.CS(=O)(=O)[O-].Cc1ccc(S(=O)(=O)[O-])cc1.FB(F)F.F[P-](F)(F)(F)(F)F.O=C(O)c1ccccc1S(=O)(=O)[O-].O=C([O-])C1CC2CCC1C2.O=S(=O)([O-])c1ccc2ccccc2c1.O=S(=O)([O-])c1cccc2ccccc12.[B]c1c(F)c(F)c(F)c(F)c1F.[B]c1cc(C(F)(F)F)cc(C(F)(F)F)c1.[F-]. The summed E-state index contributed by atoms with van der Waals surface area (Å²) in [6.45, 7) is 1.82. The number of hydrogen-bond acceptors (Lipinski definition) is 21. The van der Waals surface area contributed by atoms with Crippen molar-refractivity contribution in [2.24, 2.45) is 17.8 Å².